The molecule has 0 heterocycles. The van der Waals surface area contributed by atoms with E-state index in [1.54, 1.807) is 14.2 Å². The molecule has 0 saturated carbocycles. The van der Waals surface area contributed by atoms with E-state index in [0.29, 0.717) is 0 Å². The summed E-state index contributed by atoms with van der Waals surface area (Å²) in [6, 6.07) is 3.93. The average Bonchev–Trinajstić information content (AvgIpc) is 2.06. The van der Waals surface area contributed by atoms with Gasteiger partial charge in [-0.15, -0.1) is 0 Å². The first-order valence-electron chi connectivity index (χ1n) is 3.57. The van der Waals surface area contributed by atoms with Gasteiger partial charge in [0.15, 0.2) is 0 Å². The second-order valence-electron chi connectivity index (χ2n) is 2.43. The van der Waals surface area contributed by atoms with Crippen LogP contribution < -0.4 is 9.47 Å². The minimum atomic E-state index is 0.859. The number of ether oxygens (including phenoxy) is 2. The van der Waals surface area contributed by atoms with Crippen LogP contribution in [0.1, 0.15) is 5.56 Å². The van der Waals surface area contributed by atoms with E-state index in [9.17, 15) is 0 Å². The number of methoxy groups -OCH3 is 2. The zero-order chi connectivity index (χ0) is 9.14. The molecular formula is C9H11IO2. The molecule has 0 aromatic heterocycles. The van der Waals surface area contributed by atoms with Crippen molar-refractivity contribution < 1.29 is 9.47 Å². The summed E-state index contributed by atoms with van der Waals surface area (Å²) >= 11 is 2.22. The molecule has 0 aliphatic heterocycles. The van der Waals surface area contributed by atoms with E-state index in [-0.39, 0.29) is 0 Å². The summed E-state index contributed by atoms with van der Waals surface area (Å²) in [5, 5.41) is 0. The van der Waals surface area contributed by atoms with Crippen LogP contribution in [-0.2, 0) is 0 Å². The summed E-state index contributed by atoms with van der Waals surface area (Å²) in [4.78, 5) is 0. The molecule has 0 radical (unpaired) electrons. The predicted molar refractivity (Wildman–Crippen MR) is 57.0 cm³/mol. The SMILES string of the molecule is COc1ccc(C)c(OC)c1I. The van der Waals surface area contributed by atoms with E-state index >= 15 is 0 Å². The molecule has 66 valence electrons. The number of benzene rings is 1. The number of rotatable bonds is 2. The highest BCUT2D eigenvalue weighted by Gasteiger charge is 2.08. The first kappa shape index (κ1) is 9.64. The third-order valence-electron chi connectivity index (χ3n) is 1.68. The number of aryl methyl sites for hydroxylation is 1. The van der Waals surface area contributed by atoms with Crippen molar-refractivity contribution >= 4 is 22.6 Å². The van der Waals surface area contributed by atoms with Crippen molar-refractivity contribution in [3.05, 3.63) is 21.3 Å². The number of hydrogen-bond acceptors (Lipinski definition) is 2. The fourth-order valence-electron chi connectivity index (χ4n) is 1.04. The van der Waals surface area contributed by atoms with Crippen LogP contribution in [0.2, 0.25) is 0 Å². The Labute approximate surface area is 86.0 Å². The van der Waals surface area contributed by atoms with Crippen LogP contribution in [0.4, 0.5) is 0 Å². The number of halogens is 1. The Morgan fingerprint density at radius 3 is 2.33 bits per heavy atom. The Morgan fingerprint density at radius 1 is 1.17 bits per heavy atom. The van der Waals surface area contributed by atoms with Crippen molar-refractivity contribution in [2.45, 2.75) is 6.92 Å². The van der Waals surface area contributed by atoms with Crippen LogP contribution in [-0.4, -0.2) is 14.2 Å². The predicted octanol–water partition coefficient (Wildman–Crippen LogP) is 2.62. The molecule has 0 unspecified atom stereocenters. The maximum Gasteiger partial charge on any atom is 0.138 e. The molecule has 0 N–H and O–H groups in total. The molecule has 0 bridgehead atoms. The standard InChI is InChI=1S/C9H11IO2/c1-6-4-5-7(11-2)8(10)9(6)12-3/h4-5H,1-3H3. The van der Waals surface area contributed by atoms with Gasteiger partial charge >= 0.3 is 0 Å². The molecule has 0 fully saturated rings. The van der Waals surface area contributed by atoms with Gasteiger partial charge in [-0.05, 0) is 41.1 Å². The molecule has 0 atom stereocenters. The lowest BCUT2D eigenvalue weighted by Gasteiger charge is -2.10. The van der Waals surface area contributed by atoms with Crippen molar-refractivity contribution in [1.82, 2.24) is 0 Å². The van der Waals surface area contributed by atoms with Crippen molar-refractivity contribution in [3.63, 3.8) is 0 Å². The molecule has 0 spiro atoms. The van der Waals surface area contributed by atoms with Crippen LogP contribution in [0, 0.1) is 10.5 Å². The normalized spacial score (nSPS) is 9.67. The Bertz CT molecular complexity index is 284. The van der Waals surface area contributed by atoms with Gasteiger partial charge < -0.3 is 9.47 Å². The molecule has 3 heteroatoms. The van der Waals surface area contributed by atoms with Gasteiger partial charge in [-0.1, -0.05) is 6.07 Å². The summed E-state index contributed by atoms with van der Waals surface area (Å²) in [5.74, 6) is 1.76. The maximum absolute atomic E-state index is 5.23. The second kappa shape index (κ2) is 3.98. The smallest absolute Gasteiger partial charge is 0.138 e. The highest BCUT2D eigenvalue weighted by Crippen LogP contribution is 2.32. The quantitative estimate of drug-likeness (QED) is 0.774. The van der Waals surface area contributed by atoms with Crippen LogP contribution in [0.3, 0.4) is 0 Å². The third kappa shape index (κ3) is 1.65. The van der Waals surface area contributed by atoms with Gasteiger partial charge in [0.05, 0.1) is 17.8 Å². The number of hydrogen-bond donors (Lipinski definition) is 0. The second-order valence-corrected chi connectivity index (χ2v) is 3.51. The molecule has 0 aliphatic rings. The van der Waals surface area contributed by atoms with E-state index in [1.165, 1.54) is 0 Å². The van der Waals surface area contributed by atoms with E-state index < -0.39 is 0 Å². The van der Waals surface area contributed by atoms with Crippen LogP contribution in [0.25, 0.3) is 0 Å². The van der Waals surface area contributed by atoms with Crippen molar-refractivity contribution in [2.24, 2.45) is 0 Å². The van der Waals surface area contributed by atoms with Gasteiger partial charge in [0.1, 0.15) is 11.5 Å². The van der Waals surface area contributed by atoms with Gasteiger partial charge in [0.2, 0.25) is 0 Å². The summed E-state index contributed by atoms with van der Waals surface area (Å²) < 4.78 is 11.4. The van der Waals surface area contributed by atoms with Gasteiger partial charge in [-0.2, -0.15) is 0 Å². The fourth-order valence-corrected chi connectivity index (χ4v) is 2.09. The van der Waals surface area contributed by atoms with Crippen molar-refractivity contribution in [2.75, 3.05) is 14.2 Å². The molecule has 2 nitrogen and oxygen atoms in total. The molecule has 0 aliphatic carbocycles. The zero-order valence-electron chi connectivity index (χ0n) is 7.35. The maximum atomic E-state index is 5.23. The molecule has 1 rings (SSSR count). The lowest BCUT2D eigenvalue weighted by molar-refractivity contribution is 0.387. The lowest BCUT2D eigenvalue weighted by Crippen LogP contribution is -1.94. The van der Waals surface area contributed by atoms with Crippen LogP contribution in [0.15, 0.2) is 12.1 Å². The topological polar surface area (TPSA) is 18.5 Å². The largest absolute Gasteiger partial charge is 0.496 e. The monoisotopic (exact) mass is 278 g/mol. The molecule has 12 heavy (non-hydrogen) atoms. The summed E-state index contributed by atoms with van der Waals surface area (Å²) in [7, 11) is 3.33. The Morgan fingerprint density at radius 2 is 1.83 bits per heavy atom. The Balaban J connectivity index is 3.24. The third-order valence-corrected chi connectivity index (χ3v) is 2.70. The van der Waals surface area contributed by atoms with Gasteiger partial charge in [0, 0.05) is 0 Å². The molecule has 1 aromatic carbocycles. The molecule has 1 aromatic rings. The van der Waals surface area contributed by atoms with Crippen LogP contribution in [0.5, 0.6) is 11.5 Å². The van der Waals surface area contributed by atoms with Gasteiger partial charge in [0.25, 0.3) is 0 Å². The zero-order valence-corrected chi connectivity index (χ0v) is 9.51. The molecular weight excluding hydrogens is 267 g/mol. The van der Waals surface area contributed by atoms with Gasteiger partial charge in [-0.3, -0.25) is 0 Å². The van der Waals surface area contributed by atoms with E-state index in [4.69, 9.17) is 9.47 Å². The minimum absolute atomic E-state index is 0.859. The van der Waals surface area contributed by atoms with E-state index in [1.807, 2.05) is 19.1 Å². The first-order valence-corrected chi connectivity index (χ1v) is 4.65. The van der Waals surface area contributed by atoms with E-state index in [0.717, 1.165) is 20.6 Å². The van der Waals surface area contributed by atoms with E-state index in [2.05, 4.69) is 22.6 Å². The van der Waals surface area contributed by atoms with Crippen LogP contribution >= 0.6 is 22.6 Å². The lowest BCUT2D eigenvalue weighted by atomic mass is 10.2. The van der Waals surface area contributed by atoms with Crippen molar-refractivity contribution in [1.29, 1.82) is 0 Å². The Hall–Kier alpha value is -0.450. The highest BCUT2D eigenvalue weighted by atomic mass is 127. The summed E-state index contributed by atoms with van der Waals surface area (Å²) in [5.41, 5.74) is 1.13. The average molecular weight is 278 g/mol. The molecule has 0 amide bonds. The van der Waals surface area contributed by atoms with Crippen molar-refractivity contribution in [3.8, 4) is 11.5 Å². The summed E-state index contributed by atoms with van der Waals surface area (Å²) in [6.45, 7) is 2.01. The minimum Gasteiger partial charge on any atom is -0.496 e. The van der Waals surface area contributed by atoms with Gasteiger partial charge in [-0.25, -0.2) is 0 Å². The first-order chi connectivity index (χ1) is 5.70. The Kier molecular flexibility index (Phi) is 3.20. The molecule has 0 saturated heterocycles. The fraction of sp³-hybridized carbons (Fsp3) is 0.333. The highest BCUT2D eigenvalue weighted by molar-refractivity contribution is 14.1. The summed E-state index contributed by atoms with van der Waals surface area (Å²) in [6.07, 6.45) is 0.